The van der Waals surface area contributed by atoms with E-state index in [2.05, 4.69) is 69.6 Å². The van der Waals surface area contributed by atoms with Gasteiger partial charge in [-0.3, -0.25) is 9.59 Å². The zero-order valence-corrected chi connectivity index (χ0v) is 34.5. The Morgan fingerprint density at radius 1 is 0.904 bits per heavy atom. The Hall–Kier alpha value is -2.49. The lowest BCUT2D eigenvalue weighted by atomic mass is 9.36. The normalized spacial score (nSPS) is 36.4. The van der Waals surface area contributed by atoms with Crippen molar-refractivity contribution in [1.29, 1.82) is 0 Å². The molecule has 52 heavy (non-hydrogen) atoms. The lowest BCUT2D eigenvalue weighted by Crippen LogP contribution is -2.65. The van der Waals surface area contributed by atoms with Crippen LogP contribution in [-0.4, -0.2) is 53.2 Å². The molecular formula is C43H61BrO8. The molecule has 4 aliphatic rings. The van der Waals surface area contributed by atoms with Crippen molar-refractivity contribution in [1.82, 2.24) is 0 Å². The zero-order valence-electron chi connectivity index (χ0n) is 32.9. The number of esters is 3. The van der Waals surface area contributed by atoms with E-state index in [1.54, 1.807) is 20.8 Å². The highest BCUT2D eigenvalue weighted by atomic mass is 79.9. The van der Waals surface area contributed by atoms with Crippen molar-refractivity contribution in [3.8, 4) is 0 Å². The molecule has 0 saturated heterocycles. The highest BCUT2D eigenvalue weighted by Gasteiger charge is 2.71. The van der Waals surface area contributed by atoms with Gasteiger partial charge in [-0.15, -0.1) is 0 Å². The summed E-state index contributed by atoms with van der Waals surface area (Å²) in [5.41, 5.74) is 2.75. The fourth-order valence-electron chi connectivity index (χ4n) is 11.3. The number of benzene rings is 1. The van der Waals surface area contributed by atoms with Gasteiger partial charge in [0.2, 0.25) is 6.79 Å². The van der Waals surface area contributed by atoms with Crippen molar-refractivity contribution in [2.24, 2.45) is 45.3 Å². The van der Waals surface area contributed by atoms with Crippen LogP contribution in [0.2, 0.25) is 0 Å². The standard InChI is InChI=1S/C43H61BrO8/c1-24(2)29(27-11-13-28(44)14-12-27)15-16-30(38(48)50-23-51-39(49)40(5,6)7)36-32-21-34(47)37-41(8)19-18-33(46)25(3)31(41)17-20-42(37,9)43(32,10)22-35(36)52-26(4)45/h11-14,25,31-35,37,46-47H,15-23H2,1-10H3/t25-,31?,32+,33+,34+,35-,37+,41-,42-,43-/m0/s1. The number of carbonyl (C=O) groups is 3. The molecule has 0 spiro atoms. The quantitative estimate of drug-likeness (QED) is 0.152. The molecule has 4 aliphatic carbocycles. The van der Waals surface area contributed by atoms with Gasteiger partial charge in [-0.25, -0.2) is 4.79 Å². The molecule has 1 aromatic rings. The molecule has 0 heterocycles. The van der Waals surface area contributed by atoms with Gasteiger partial charge in [0, 0.05) is 17.0 Å². The van der Waals surface area contributed by atoms with Gasteiger partial charge in [0.25, 0.3) is 0 Å². The maximum atomic E-state index is 14.4. The number of fused-ring (bicyclic) bond motifs is 5. The monoisotopic (exact) mass is 784 g/mol. The second-order valence-corrected chi connectivity index (χ2v) is 19.2. The first-order chi connectivity index (χ1) is 24.2. The Morgan fingerprint density at radius 3 is 2.15 bits per heavy atom. The van der Waals surface area contributed by atoms with Crippen LogP contribution in [0.3, 0.4) is 0 Å². The van der Waals surface area contributed by atoms with Crippen LogP contribution in [0.25, 0.3) is 5.57 Å². The first-order valence-electron chi connectivity index (χ1n) is 19.2. The summed E-state index contributed by atoms with van der Waals surface area (Å²) >= 11 is 3.53. The van der Waals surface area contributed by atoms with Crippen molar-refractivity contribution in [2.75, 3.05) is 6.79 Å². The molecule has 2 N–H and O–H groups in total. The number of rotatable bonds is 8. The van der Waals surface area contributed by atoms with Crippen molar-refractivity contribution >= 4 is 39.4 Å². The summed E-state index contributed by atoms with van der Waals surface area (Å²) in [6.45, 7) is 19.3. The molecule has 0 aromatic heterocycles. The summed E-state index contributed by atoms with van der Waals surface area (Å²) in [6.07, 6.45) is 3.53. The number of hydrogen-bond acceptors (Lipinski definition) is 8. The van der Waals surface area contributed by atoms with Crippen LogP contribution in [0, 0.1) is 45.3 Å². The Kier molecular flexibility index (Phi) is 11.7. The van der Waals surface area contributed by atoms with Crippen molar-refractivity contribution in [3.05, 3.63) is 51.0 Å². The van der Waals surface area contributed by atoms with E-state index in [1.807, 2.05) is 12.1 Å². The fraction of sp³-hybridized carbons (Fsp3) is 0.698. The topological polar surface area (TPSA) is 119 Å². The third-order valence-electron chi connectivity index (χ3n) is 14.0. The molecule has 10 atom stereocenters. The molecule has 8 nitrogen and oxygen atoms in total. The number of aliphatic hydroxyl groups excluding tert-OH is 2. The zero-order chi connectivity index (χ0) is 38.6. The van der Waals surface area contributed by atoms with Gasteiger partial charge in [-0.05, 0) is 155 Å². The van der Waals surface area contributed by atoms with Gasteiger partial charge >= 0.3 is 17.9 Å². The highest BCUT2D eigenvalue weighted by molar-refractivity contribution is 9.10. The Balaban J connectivity index is 1.60. The van der Waals surface area contributed by atoms with Gasteiger partial charge in [-0.2, -0.15) is 0 Å². The van der Waals surface area contributed by atoms with Crippen LogP contribution >= 0.6 is 15.9 Å². The first-order valence-corrected chi connectivity index (χ1v) is 20.0. The number of carbonyl (C=O) groups excluding carboxylic acids is 3. The molecule has 0 radical (unpaired) electrons. The van der Waals surface area contributed by atoms with Crippen LogP contribution in [0.1, 0.15) is 126 Å². The van der Waals surface area contributed by atoms with Crippen molar-refractivity contribution in [2.45, 2.75) is 139 Å². The number of halogens is 1. The minimum Gasteiger partial charge on any atom is -0.458 e. The highest BCUT2D eigenvalue weighted by Crippen LogP contribution is 2.74. The molecule has 1 unspecified atom stereocenters. The lowest BCUT2D eigenvalue weighted by Gasteiger charge is -2.69. The van der Waals surface area contributed by atoms with E-state index < -0.39 is 47.7 Å². The lowest BCUT2D eigenvalue weighted by molar-refractivity contribution is -0.234. The predicted molar refractivity (Wildman–Crippen MR) is 204 cm³/mol. The molecule has 5 rings (SSSR count). The van der Waals surface area contributed by atoms with E-state index in [1.165, 1.54) is 6.92 Å². The molecule has 4 fully saturated rings. The van der Waals surface area contributed by atoms with Crippen LogP contribution in [0.5, 0.6) is 0 Å². The Labute approximate surface area is 319 Å². The van der Waals surface area contributed by atoms with E-state index in [-0.39, 0.29) is 34.7 Å². The molecule has 0 bridgehead atoms. The summed E-state index contributed by atoms with van der Waals surface area (Å²) in [5, 5.41) is 23.2. The number of aliphatic hydroxyl groups is 2. The number of allylic oxidation sites excluding steroid dienone is 2. The van der Waals surface area contributed by atoms with Crippen molar-refractivity contribution < 1.29 is 38.8 Å². The van der Waals surface area contributed by atoms with E-state index in [4.69, 9.17) is 14.2 Å². The minimum absolute atomic E-state index is 0.0193. The largest absolute Gasteiger partial charge is 0.458 e. The van der Waals surface area contributed by atoms with Gasteiger partial charge in [0.05, 0.1) is 17.6 Å². The van der Waals surface area contributed by atoms with Crippen LogP contribution in [0.15, 0.2) is 45.5 Å². The fourth-order valence-corrected chi connectivity index (χ4v) is 11.6. The third kappa shape index (κ3) is 7.32. The van der Waals surface area contributed by atoms with Gasteiger partial charge in [0.15, 0.2) is 0 Å². The number of ether oxygens (including phenoxy) is 3. The summed E-state index contributed by atoms with van der Waals surface area (Å²) in [4.78, 5) is 39.7. The smallest absolute Gasteiger partial charge is 0.336 e. The predicted octanol–water partition coefficient (Wildman–Crippen LogP) is 8.96. The van der Waals surface area contributed by atoms with Gasteiger partial charge in [0.1, 0.15) is 6.10 Å². The van der Waals surface area contributed by atoms with E-state index in [9.17, 15) is 24.6 Å². The second-order valence-electron chi connectivity index (χ2n) is 18.2. The van der Waals surface area contributed by atoms with Crippen LogP contribution < -0.4 is 0 Å². The van der Waals surface area contributed by atoms with Gasteiger partial charge < -0.3 is 24.4 Å². The molecule has 4 saturated carbocycles. The maximum absolute atomic E-state index is 14.4. The van der Waals surface area contributed by atoms with Crippen LogP contribution in [-0.2, 0) is 28.6 Å². The molecule has 288 valence electrons. The molecule has 0 aliphatic heterocycles. The van der Waals surface area contributed by atoms with E-state index >= 15 is 0 Å². The average molecular weight is 786 g/mol. The summed E-state index contributed by atoms with van der Waals surface area (Å²) in [5.74, 6) is -1.33. The molecule has 0 amide bonds. The minimum atomic E-state index is -0.765. The summed E-state index contributed by atoms with van der Waals surface area (Å²) < 4.78 is 18.2. The third-order valence-corrected chi connectivity index (χ3v) is 14.6. The SMILES string of the molecule is CC(=O)O[C@H]1C[C@@]2(C)[C@H](C[C@@H](O)[C@@H]3[C@@]4(C)CC[C@@H](O)[C@@H](C)C4CC[C@@]32C)C1=C(CCC(=C(C)C)c1ccc(Br)cc1)C(=O)OCOC(=O)C(C)(C)C. The van der Waals surface area contributed by atoms with Crippen molar-refractivity contribution in [3.63, 3.8) is 0 Å². The second kappa shape index (κ2) is 15.0. The first kappa shape index (κ1) is 40.7. The maximum Gasteiger partial charge on any atom is 0.336 e. The van der Waals surface area contributed by atoms with E-state index in [0.29, 0.717) is 37.2 Å². The molecule has 1 aromatic carbocycles. The summed E-state index contributed by atoms with van der Waals surface area (Å²) in [6, 6.07) is 8.10. The number of hydrogen-bond donors (Lipinski definition) is 2. The Morgan fingerprint density at radius 2 is 1.56 bits per heavy atom. The molecular weight excluding hydrogens is 724 g/mol. The molecule has 9 heteroatoms. The average Bonchev–Trinajstić information content (AvgIpc) is 3.32. The van der Waals surface area contributed by atoms with E-state index in [0.717, 1.165) is 52.4 Å². The summed E-state index contributed by atoms with van der Waals surface area (Å²) in [7, 11) is 0. The van der Waals surface area contributed by atoms with Crippen LogP contribution in [0.4, 0.5) is 0 Å². The Bertz CT molecular complexity index is 1600. The van der Waals surface area contributed by atoms with Gasteiger partial charge in [-0.1, -0.05) is 61.3 Å².